The number of ether oxygens (including phenoxy) is 3. The summed E-state index contributed by atoms with van der Waals surface area (Å²) < 4.78 is 39.5. The van der Waals surface area contributed by atoms with Crippen molar-refractivity contribution < 1.29 is 27.8 Å². The lowest BCUT2D eigenvalue weighted by Gasteiger charge is -2.11. The van der Waals surface area contributed by atoms with Crippen LogP contribution in [-0.4, -0.2) is 38.5 Å². The van der Waals surface area contributed by atoms with Crippen molar-refractivity contribution in [3.05, 3.63) is 48.0 Å². The number of nitrogens with one attached hydrogen (secondary N) is 1. The van der Waals surface area contributed by atoms with E-state index in [4.69, 9.17) is 9.47 Å². The summed E-state index contributed by atoms with van der Waals surface area (Å²) in [5, 5.41) is 2.84. The Morgan fingerprint density at radius 1 is 1.14 bits per heavy atom. The molecule has 0 heterocycles. The van der Waals surface area contributed by atoms with Crippen LogP contribution in [0.4, 0.5) is 8.78 Å². The summed E-state index contributed by atoms with van der Waals surface area (Å²) in [6.45, 7) is 0.0602. The van der Waals surface area contributed by atoms with E-state index in [2.05, 4.69) is 10.1 Å². The fourth-order valence-corrected chi connectivity index (χ4v) is 3.13. The van der Waals surface area contributed by atoms with Crippen LogP contribution in [0.15, 0.2) is 47.4 Å². The second kappa shape index (κ2) is 11.4. The molecule has 0 aromatic heterocycles. The van der Waals surface area contributed by atoms with Crippen molar-refractivity contribution >= 4 is 17.7 Å². The molecule has 0 saturated carbocycles. The fourth-order valence-electron chi connectivity index (χ4n) is 2.41. The van der Waals surface area contributed by atoms with Gasteiger partial charge in [-0.2, -0.15) is 8.78 Å². The van der Waals surface area contributed by atoms with E-state index in [9.17, 15) is 13.6 Å². The van der Waals surface area contributed by atoms with Crippen molar-refractivity contribution in [2.75, 3.05) is 26.0 Å². The number of carbonyl (C=O) groups is 1. The summed E-state index contributed by atoms with van der Waals surface area (Å²) in [7, 11) is 1.39. The zero-order chi connectivity index (χ0) is 20.4. The normalized spacial score (nSPS) is 10.6. The molecule has 0 radical (unpaired) electrons. The third kappa shape index (κ3) is 7.26. The minimum absolute atomic E-state index is 0.0166. The fraction of sp³-hybridized carbons (Fsp3) is 0.350. The first-order valence-electron chi connectivity index (χ1n) is 8.76. The van der Waals surface area contributed by atoms with Gasteiger partial charge in [-0.15, -0.1) is 11.8 Å². The van der Waals surface area contributed by atoms with Gasteiger partial charge in [-0.25, -0.2) is 0 Å². The molecule has 0 spiro atoms. The maximum absolute atomic E-state index is 12.3. The van der Waals surface area contributed by atoms with Crippen LogP contribution < -0.4 is 19.5 Å². The molecule has 5 nitrogen and oxygen atoms in total. The lowest BCUT2D eigenvalue weighted by molar-refractivity contribution is -0.118. The number of amides is 1. The number of rotatable bonds is 11. The van der Waals surface area contributed by atoms with Gasteiger partial charge in [0.25, 0.3) is 0 Å². The predicted molar refractivity (Wildman–Crippen MR) is 105 cm³/mol. The lowest BCUT2D eigenvalue weighted by Crippen LogP contribution is -2.27. The molecule has 0 bridgehead atoms. The van der Waals surface area contributed by atoms with E-state index in [1.54, 1.807) is 12.1 Å². The summed E-state index contributed by atoms with van der Waals surface area (Å²) in [4.78, 5) is 13.0. The average Bonchev–Trinajstić information content (AvgIpc) is 2.68. The monoisotopic (exact) mass is 411 g/mol. The average molecular weight is 411 g/mol. The van der Waals surface area contributed by atoms with E-state index in [0.29, 0.717) is 25.3 Å². The Morgan fingerprint density at radius 2 is 1.89 bits per heavy atom. The highest BCUT2D eigenvalue weighted by molar-refractivity contribution is 8.00. The Kier molecular flexibility index (Phi) is 8.87. The van der Waals surface area contributed by atoms with Crippen LogP contribution in [0.2, 0.25) is 0 Å². The molecule has 0 aliphatic rings. The van der Waals surface area contributed by atoms with Gasteiger partial charge in [0.2, 0.25) is 5.91 Å². The van der Waals surface area contributed by atoms with Crippen molar-refractivity contribution in [2.45, 2.75) is 24.9 Å². The summed E-state index contributed by atoms with van der Waals surface area (Å²) >= 11 is 1.44. The maximum Gasteiger partial charge on any atom is 0.387 e. The summed E-state index contributed by atoms with van der Waals surface area (Å²) in [5.74, 6) is 1.24. The molecule has 0 atom stereocenters. The molecule has 0 aliphatic carbocycles. The largest absolute Gasteiger partial charge is 0.494 e. The van der Waals surface area contributed by atoms with E-state index < -0.39 is 6.61 Å². The smallest absolute Gasteiger partial charge is 0.387 e. The number of hydrogen-bond acceptors (Lipinski definition) is 5. The van der Waals surface area contributed by atoms with Crippen molar-refractivity contribution in [1.82, 2.24) is 5.32 Å². The Balaban J connectivity index is 1.75. The van der Waals surface area contributed by atoms with E-state index >= 15 is 0 Å². The number of benzene rings is 2. The Morgan fingerprint density at radius 3 is 2.54 bits per heavy atom. The van der Waals surface area contributed by atoms with Gasteiger partial charge in [0, 0.05) is 11.4 Å². The topological polar surface area (TPSA) is 56.8 Å². The molecule has 2 aromatic rings. The van der Waals surface area contributed by atoms with Crippen LogP contribution in [0.25, 0.3) is 0 Å². The highest BCUT2D eigenvalue weighted by Gasteiger charge is 2.11. The third-order valence-corrected chi connectivity index (χ3v) is 4.70. The van der Waals surface area contributed by atoms with Gasteiger partial charge in [-0.05, 0) is 55.3 Å². The second-order valence-electron chi connectivity index (χ2n) is 5.66. The molecule has 0 saturated heterocycles. The zero-order valence-electron chi connectivity index (χ0n) is 15.7. The van der Waals surface area contributed by atoms with Crippen molar-refractivity contribution in [2.24, 2.45) is 0 Å². The maximum atomic E-state index is 12.3. The highest BCUT2D eigenvalue weighted by atomic mass is 32.2. The first-order chi connectivity index (χ1) is 13.5. The molecule has 0 fully saturated rings. The number of thioether (sulfide) groups is 1. The Hall–Kier alpha value is -2.48. The van der Waals surface area contributed by atoms with Gasteiger partial charge in [0.1, 0.15) is 5.75 Å². The van der Waals surface area contributed by atoms with E-state index in [1.807, 2.05) is 31.2 Å². The number of alkyl halides is 2. The zero-order valence-corrected chi connectivity index (χ0v) is 16.6. The van der Waals surface area contributed by atoms with Crippen LogP contribution in [0.3, 0.4) is 0 Å². The molecule has 1 N–H and O–H groups in total. The molecule has 1 amide bonds. The summed E-state index contributed by atoms with van der Waals surface area (Å²) in [5.41, 5.74) is 0.845. The molecule has 152 valence electrons. The van der Waals surface area contributed by atoms with Gasteiger partial charge in [-0.3, -0.25) is 4.79 Å². The van der Waals surface area contributed by atoms with Gasteiger partial charge >= 0.3 is 6.61 Å². The molecular weight excluding hydrogens is 388 g/mol. The first kappa shape index (κ1) is 21.8. The van der Waals surface area contributed by atoms with E-state index in [-0.39, 0.29) is 17.4 Å². The minimum Gasteiger partial charge on any atom is -0.494 e. The van der Waals surface area contributed by atoms with Crippen LogP contribution in [0.5, 0.6) is 17.2 Å². The minimum atomic E-state index is -2.91. The standard InChI is InChI=1S/C20H23F2NO4S/c1-3-26-15-5-7-16(8-6-15)28-13-19(24)23-11-10-14-4-9-17(27-20(21)22)18(12-14)25-2/h4-9,12,20H,3,10-11,13H2,1-2H3,(H,23,24). The highest BCUT2D eigenvalue weighted by Crippen LogP contribution is 2.29. The predicted octanol–water partition coefficient (Wildman–Crippen LogP) is 4.15. The number of carbonyl (C=O) groups excluding carboxylic acids is 1. The van der Waals surface area contributed by atoms with Gasteiger partial charge in [-0.1, -0.05) is 6.07 Å². The summed E-state index contributed by atoms with van der Waals surface area (Å²) in [6.07, 6.45) is 0.546. The molecule has 2 rings (SSSR count). The van der Waals surface area contributed by atoms with Crippen LogP contribution in [0.1, 0.15) is 12.5 Å². The van der Waals surface area contributed by atoms with Crippen molar-refractivity contribution in [3.63, 3.8) is 0 Å². The SMILES string of the molecule is CCOc1ccc(SCC(=O)NCCc2ccc(OC(F)F)c(OC)c2)cc1. The molecular formula is C20H23F2NO4S. The van der Waals surface area contributed by atoms with Crippen LogP contribution in [-0.2, 0) is 11.2 Å². The summed E-state index contributed by atoms with van der Waals surface area (Å²) in [6, 6.07) is 12.3. The second-order valence-corrected chi connectivity index (χ2v) is 6.71. The molecule has 0 aliphatic heterocycles. The lowest BCUT2D eigenvalue weighted by atomic mass is 10.1. The Labute approximate surface area is 167 Å². The quantitative estimate of drug-likeness (QED) is 0.563. The van der Waals surface area contributed by atoms with Crippen LogP contribution >= 0.6 is 11.8 Å². The molecule has 8 heteroatoms. The van der Waals surface area contributed by atoms with E-state index in [1.165, 1.54) is 24.9 Å². The van der Waals surface area contributed by atoms with Crippen molar-refractivity contribution in [3.8, 4) is 17.2 Å². The molecule has 28 heavy (non-hydrogen) atoms. The van der Waals surface area contributed by atoms with Gasteiger partial charge < -0.3 is 19.5 Å². The van der Waals surface area contributed by atoms with Gasteiger partial charge in [0.05, 0.1) is 19.5 Å². The Bertz CT molecular complexity index is 756. The third-order valence-electron chi connectivity index (χ3n) is 3.68. The number of methoxy groups -OCH3 is 1. The van der Waals surface area contributed by atoms with Crippen molar-refractivity contribution in [1.29, 1.82) is 0 Å². The van der Waals surface area contributed by atoms with E-state index in [0.717, 1.165) is 16.2 Å². The molecule has 2 aromatic carbocycles. The molecule has 0 unspecified atom stereocenters. The first-order valence-corrected chi connectivity index (χ1v) is 9.74. The number of halogens is 2. The number of hydrogen-bond donors (Lipinski definition) is 1. The van der Waals surface area contributed by atoms with Crippen LogP contribution in [0, 0.1) is 0 Å². The van der Waals surface area contributed by atoms with Gasteiger partial charge in [0.15, 0.2) is 11.5 Å².